The molecule has 5 nitrogen and oxygen atoms in total. The Morgan fingerprint density at radius 2 is 2.00 bits per heavy atom. The molecule has 2 saturated carbocycles. The van der Waals surface area contributed by atoms with Crippen molar-refractivity contribution >= 4 is 6.09 Å². The van der Waals surface area contributed by atoms with Gasteiger partial charge in [0, 0.05) is 18.4 Å². The topological polar surface area (TPSA) is 56.8 Å². The first-order valence-corrected chi connectivity index (χ1v) is 14.1. The first-order valence-electron chi connectivity index (χ1n) is 14.1. The molecular weight excluding hydrogens is 438 g/mol. The normalized spacial score (nSPS) is 43.9. The standard InChI is InChI=1S/C30H43NO4/c1-17(2)31-28(32)34-21-7-9-22-20(14-21)6-8-24-23(22)11-12-29(5)25(24)15-26-27(29)19(4)30(35-26)13-10-18(3)16-33-30/h7,9,14,17-19,23-27H,6,8,10-13,15-16H2,1-5H3,(H,31,32)/t18-,19+,23-,24-,25+,26+,27+,29+,30-/m1/s1. The van der Waals surface area contributed by atoms with Crippen LogP contribution in [0.1, 0.15) is 90.2 Å². The second-order valence-corrected chi connectivity index (χ2v) is 13.0. The van der Waals surface area contributed by atoms with Crippen LogP contribution in [-0.2, 0) is 15.9 Å². The number of amides is 1. The van der Waals surface area contributed by atoms with E-state index in [1.165, 1.54) is 43.2 Å². The molecule has 0 aromatic heterocycles. The molecule has 4 fully saturated rings. The van der Waals surface area contributed by atoms with Crippen molar-refractivity contribution in [3.05, 3.63) is 29.3 Å². The molecule has 5 aliphatic rings. The minimum atomic E-state index is -0.372. The molecule has 0 unspecified atom stereocenters. The lowest BCUT2D eigenvalue weighted by molar-refractivity contribution is -0.272. The third-order valence-electron chi connectivity index (χ3n) is 10.6. The van der Waals surface area contributed by atoms with Gasteiger partial charge in [-0.2, -0.15) is 0 Å². The number of fused-ring (bicyclic) bond motifs is 7. The van der Waals surface area contributed by atoms with Crippen LogP contribution in [0.3, 0.4) is 0 Å². The molecule has 1 N–H and O–H groups in total. The molecule has 1 aromatic rings. The van der Waals surface area contributed by atoms with Gasteiger partial charge in [0.1, 0.15) is 5.75 Å². The lowest BCUT2D eigenvalue weighted by atomic mass is 9.53. The Kier molecular flexibility index (Phi) is 5.76. The third kappa shape index (κ3) is 3.75. The maximum absolute atomic E-state index is 12.1. The van der Waals surface area contributed by atoms with Crippen molar-refractivity contribution in [3.8, 4) is 5.75 Å². The van der Waals surface area contributed by atoms with Gasteiger partial charge in [0.2, 0.25) is 0 Å². The van der Waals surface area contributed by atoms with E-state index in [4.69, 9.17) is 14.2 Å². The summed E-state index contributed by atoms with van der Waals surface area (Å²) < 4.78 is 18.9. The molecule has 35 heavy (non-hydrogen) atoms. The molecule has 0 bridgehead atoms. The quantitative estimate of drug-likeness (QED) is 0.528. The monoisotopic (exact) mass is 481 g/mol. The van der Waals surface area contributed by atoms with Crippen LogP contribution >= 0.6 is 0 Å². The van der Waals surface area contributed by atoms with Gasteiger partial charge >= 0.3 is 6.09 Å². The summed E-state index contributed by atoms with van der Waals surface area (Å²) in [6.45, 7) is 12.0. The minimum Gasteiger partial charge on any atom is -0.410 e. The molecule has 1 aromatic carbocycles. The lowest BCUT2D eigenvalue weighted by Gasteiger charge is -2.52. The van der Waals surface area contributed by atoms with Crippen LogP contribution in [0.2, 0.25) is 0 Å². The van der Waals surface area contributed by atoms with E-state index < -0.39 is 0 Å². The van der Waals surface area contributed by atoms with Crippen molar-refractivity contribution in [2.24, 2.45) is 35.0 Å². The lowest BCUT2D eigenvalue weighted by Crippen LogP contribution is -2.48. The van der Waals surface area contributed by atoms with Crippen LogP contribution in [0.5, 0.6) is 5.75 Å². The van der Waals surface area contributed by atoms with E-state index in [0.29, 0.717) is 40.9 Å². The Balaban J connectivity index is 1.20. The number of carbonyl (C=O) groups is 1. The summed E-state index contributed by atoms with van der Waals surface area (Å²) in [5.74, 6) is 4.12. The highest BCUT2D eigenvalue weighted by atomic mass is 16.7. The van der Waals surface area contributed by atoms with Crippen molar-refractivity contribution in [2.45, 2.75) is 103 Å². The van der Waals surface area contributed by atoms with E-state index in [2.05, 4.69) is 38.2 Å². The molecular formula is C30H43NO4. The van der Waals surface area contributed by atoms with Crippen molar-refractivity contribution in [3.63, 3.8) is 0 Å². The van der Waals surface area contributed by atoms with Crippen molar-refractivity contribution < 1.29 is 19.0 Å². The molecule has 2 saturated heterocycles. The summed E-state index contributed by atoms with van der Waals surface area (Å²) >= 11 is 0. The number of hydrogen-bond acceptors (Lipinski definition) is 4. The zero-order valence-corrected chi connectivity index (χ0v) is 22.1. The van der Waals surface area contributed by atoms with Gasteiger partial charge < -0.3 is 19.5 Å². The Morgan fingerprint density at radius 1 is 1.17 bits per heavy atom. The molecule has 9 atom stereocenters. The maximum atomic E-state index is 12.1. The smallest absolute Gasteiger partial charge is 0.410 e. The second kappa shape index (κ2) is 8.48. The summed E-state index contributed by atoms with van der Waals surface area (Å²) in [6, 6.07) is 6.42. The molecule has 0 radical (unpaired) electrons. The fourth-order valence-electron chi connectivity index (χ4n) is 9.01. The number of hydrogen-bond donors (Lipinski definition) is 1. The molecule has 192 valence electrons. The number of ether oxygens (including phenoxy) is 3. The Hall–Kier alpha value is -1.59. The third-order valence-corrected chi connectivity index (χ3v) is 10.6. The van der Waals surface area contributed by atoms with E-state index in [-0.39, 0.29) is 17.9 Å². The fraction of sp³-hybridized carbons (Fsp3) is 0.767. The van der Waals surface area contributed by atoms with Gasteiger partial charge in [0.05, 0.1) is 12.7 Å². The Morgan fingerprint density at radius 3 is 2.74 bits per heavy atom. The number of benzene rings is 1. The van der Waals surface area contributed by atoms with Gasteiger partial charge in [-0.3, -0.25) is 0 Å². The molecule has 5 heteroatoms. The van der Waals surface area contributed by atoms with E-state index in [9.17, 15) is 4.79 Å². The number of rotatable bonds is 2. The van der Waals surface area contributed by atoms with Gasteiger partial charge in [-0.05, 0) is 111 Å². The van der Waals surface area contributed by atoms with E-state index >= 15 is 0 Å². The van der Waals surface area contributed by atoms with Gasteiger partial charge in [-0.25, -0.2) is 4.79 Å². The van der Waals surface area contributed by atoms with Gasteiger partial charge in [-0.1, -0.05) is 26.8 Å². The largest absolute Gasteiger partial charge is 0.412 e. The summed E-state index contributed by atoms with van der Waals surface area (Å²) in [6.07, 6.45) is 8.27. The van der Waals surface area contributed by atoms with E-state index in [1.807, 2.05) is 19.9 Å². The molecule has 3 aliphatic carbocycles. The van der Waals surface area contributed by atoms with Gasteiger partial charge in [0.15, 0.2) is 5.79 Å². The van der Waals surface area contributed by atoms with Crippen molar-refractivity contribution in [1.82, 2.24) is 5.32 Å². The first kappa shape index (κ1) is 23.8. The molecule has 6 rings (SSSR count). The van der Waals surface area contributed by atoms with Crippen LogP contribution in [0.4, 0.5) is 4.79 Å². The highest BCUT2D eigenvalue weighted by Gasteiger charge is 2.67. The predicted octanol–water partition coefficient (Wildman–Crippen LogP) is 6.44. The van der Waals surface area contributed by atoms with E-state index in [1.54, 1.807) is 0 Å². The molecule has 1 spiro atoms. The van der Waals surface area contributed by atoms with Crippen LogP contribution in [0.25, 0.3) is 0 Å². The first-order chi connectivity index (χ1) is 16.7. The van der Waals surface area contributed by atoms with Crippen LogP contribution in [0.15, 0.2) is 18.2 Å². The highest BCUT2D eigenvalue weighted by Crippen LogP contribution is 2.69. The summed E-state index contributed by atoms with van der Waals surface area (Å²) in [4.78, 5) is 12.1. The number of nitrogens with one attached hydrogen (secondary N) is 1. The van der Waals surface area contributed by atoms with Crippen LogP contribution in [0, 0.1) is 35.0 Å². The Bertz CT molecular complexity index is 983. The average molecular weight is 482 g/mol. The highest BCUT2D eigenvalue weighted by molar-refractivity contribution is 5.70. The second-order valence-electron chi connectivity index (χ2n) is 13.0. The average Bonchev–Trinajstić information content (AvgIpc) is 3.25. The van der Waals surface area contributed by atoms with Gasteiger partial charge in [-0.15, -0.1) is 0 Å². The minimum absolute atomic E-state index is 0.0677. The summed E-state index contributed by atoms with van der Waals surface area (Å²) in [5, 5.41) is 2.81. The van der Waals surface area contributed by atoms with Crippen molar-refractivity contribution in [1.29, 1.82) is 0 Å². The summed E-state index contributed by atoms with van der Waals surface area (Å²) in [7, 11) is 0. The number of carbonyl (C=O) groups excluding carboxylic acids is 1. The Labute approximate surface area is 210 Å². The molecule has 2 heterocycles. The van der Waals surface area contributed by atoms with E-state index in [0.717, 1.165) is 31.3 Å². The predicted molar refractivity (Wildman–Crippen MR) is 135 cm³/mol. The fourth-order valence-corrected chi connectivity index (χ4v) is 9.01. The summed E-state index contributed by atoms with van der Waals surface area (Å²) in [5.41, 5.74) is 3.21. The zero-order valence-electron chi connectivity index (χ0n) is 22.1. The molecule has 2 aliphatic heterocycles. The maximum Gasteiger partial charge on any atom is 0.412 e. The van der Waals surface area contributed by atoms with Crippen LogP contribution < -0.4 is 10.1 Å². The number of aryl methyl sites for hydroxylation is 1. The molecule has 1 amide bonds. The zero-order chi connectivity index (χ0) is 24.5. The van der Waals surface area contributed by atoms with Crippen molar-refractivity contribution in [2.75, 3.05) is 6.61 Å². The SMILES string of the molecule is CC(C)NC(=O)Oc1ccc2c(c1)CC[C@@H]1[C@@H]2CC[C@]2(C)[C@@H]3[C@H](C[C@@H]12)O[C@]1(CC[C@@H](C)CO1)[C@H]3C. The van der Waals surface area contributed by atoms with Gasteiger partial charge in [0.25, 0.3) is 0 Å². The van der Waals surface area contributed by atoms with Crippen LogP contribution in [-0.4, -0.2) is 30.6 Å².